The van der Waals surface area contributed by atoms with E-state index in [1.165, 1.54) is 40.7 Å². The van der Waals surface area contributed by atoms with Gasteiger partial charge < -0.3 is 4.42 Å². The molecule has 1 amide bonds. The highest BCUT2D eigenvalue weighted by molar-refractivity contribution is 7.89. The molecule has 160 valence electrons. The van der Waals surface area contributed by atoms with Gasteiger partial charge in [-0.2, -0.15) is 4.31 Å². The van der Waals surface area contributed by atoms with Gasteiger partial charge in [0.1, 0.15) is 0 Å². The van der Waals surface area contributed by atoms with E-state index in [9.17, 15) is 13.2 Å². The van der Waals surface area contributed by atoms with Gasteiger partial charge in [-0.15, -0.1) is 18.3 Å². The van der Waals surface area contributed by atoms with Crippen LogP contribution in [0.3, 0.4) is 0 Å². The monoisotopic (exact) mass is 458 g/mol. The molecule has 0 aliphatic heterocycles. The summed E-state index contributed by atoms with van der Waals surface area (Å²) in [6, 6.07) is 12.3. The highest BCUT2D eigenvalue weighted by atomic mass is 35.5. The molecule has 1 aromatic heterocycles. The third kappa shape index (κ3) is 5.26. The van der Waals surface area contributed by atoms with Gasteiger partial charge in [0.25, 0.3) is 5.91 Å². The van der Waals surface area contributed by atoms with E-state index in [0.29, 0.717) is 10.6 Å². The number of nitrogens with one attached hydrogen (secondary N) is 1. The van der Waals surface area contributed by atoms with Gasteiger partial charge in [0.2, 0.25) is 15.9 Å². The molecule has 10 heteroatoms. The molecule has 0 bridgehead atoms. The van der Waals surface area contributed by atoms with Crippen LogP contribution < -0.4 is 5.32 Å². The third-order valence-corrected chi connectivity index (χ3v) is 6.22. The molecule has 0 spiro atoms. The molecule has 0 atom stereocenters. The van der Waals surface area contributed by atoms with Crippen LogP contribution >= 0.6 is 11.6 Å². The second kappa shape index (κ2) is 9.69. The van der Waals surface area contributed by atoms with Crippen LogP contribution in [0.15, 0.2) is 83.2 Å². The molecule has 0 aliphatic rings. The molecule has 0 radical (unpaired) electrons. The van der Waals surface area contributed by atoms with Gasteiger partial charge in [0, 0.05) is 29.2 Å². The normalized spacial score (nSPS) is 11.3. The molecule has 8 nitrogen and oxygen atoms in total. The number of aromatic nitrogens is 2. The van der Waals surface area contributed by atoms with Crippen molar-refractivity contribution in [3.63, 3.8) is 0 Å². The zero-order valence-corrected chi connectivity index (χ0v) is 17.9. The van der Waals surface area contributed by atoms with Crippen LogP contribution in [0.2, 0.25) is 5.02 Å². The first-order chi connectivity index (χ1) is 14.8. The zero-order valence-electron chi connectivity index (χ0n) is 16.4. The lowest BCUT2D eigenvalue weighted by molar-refractivity contribution is 0.102. The van der Waals surface area contributed by atoms with Crippen molar-refractivity contribution in [3.05, 3.63) is 84.4 Å². The number of rotatable bonds is 9. The van der Waals surface area contributed by atoms with Crippen molar-refractivity contribution in [3.8, 4) is 11.5 Å². The van der Waals surface area contributed by atoms with Gasteiger partial charge in [-0.25, -0.2) is 8.42 Å². The van der Waals surface area contributed by atoms with E-state index in [4.69, 9.17) is 16.0 Å². The Balaban J connectivity index is 1.74. The molecule has 1 N–H and O–H groups in total. The first-order valence-corrected chi connectivity index (χ1v) is 10.9. The van der Waals surface area contributed by atoms with Crippen molar-refractivity contribution in [2.45, 2.75) is 4.90 Å². The van der Waals surface area contributed by atoms with E-state index in [2.05, 4.69) is 28.7 Å². The Morgan fingerprint density at radius 3 is 2.39 bits per heavy atom. The smallest absolute Gasteiger partial charge is 0.322 e. The summed E-state index contributed by atoms with van der Waals surface area (Å²) in [7, 11) is -3.75. The molecule has 0 unspecified atom stereocenters. The molecular weight excluding hydrogens is 440 g/mol. The van der Waals surface area contributed by atoms with Crippen LogP contribution in [0, 0.1) is 0 Å². The molecule has 0 fully saturated rings. The number of anilines is 1. The van der Waals surface area contributed by atoms with Crippen LogP contribution in [-0.4, -0.2) is 41.9 Å². The van der Waals surface area contributed by atoms with Crippen molar-refractivity contribution >= 4 is 33.5 Å². The fourth-order valence-electron chi connectivity index (χ4n) is 2.67. The van der Waals surface area contributed by atoms with Gasteiger partial charge in [-0.1, -0.05) is 34.9 Å². The summed E-state index contributed by atoms with van der Waals surface area (Å²) in [5, 5.41) is 10.7. The van der Waals surface area contributed by atoms with Crippen LogP contribution in [0.1, 0.15) is 10.4 Å². The lowest BCUT2D eigenvalue weighted by atomic mass is 10.2. The summed E-state index contributed by atoms with van der Waals surface area (Å²) in [4.78, 5) is 12.5. The van der Waals surface area contributed by atoms with Crippen molar-refractivity contribution < 1.29 is 17.6 Å². The molecule has 31 heavy (non-hydrogen) atoms. The molecule has 3 rings (SSSR count). The van der Waals surface area contributed by atoms with Gasteiger partial charge in [0.05, 0.1) is 4.90 Å². The average Bonchev–Trinajstić information content (AvgIpc) is 3.22. The minimum Gasteiger partial charge on any atom is -0.403 e. The quantitative estimate of drug-likeness (QED) is 0.486. The molecule has 0 aliphatic carbocycles. The average molecular weight is 459 g/mol. The topological polar surface area (TPSA) is 105 Å². The number of sulfonamides is 1. The highest BCUT2D eigenvalue weighted by Gasteiger charge is 2.23. The molecule has 0 saturated carbocycles. The van der Waals surface area contributed by atoms with Gasteiger partial charge in [-0.3, -0.25) is 10.1 Å². The maximum atomic E-state index is 12.7. The second-order valence-electron chi connectivity index (χ2n) is 6.30. The van der Waals surface area contributed by atoms with Gasteiger partial charge >= 0.3 is 6.01 Å². The highest BCUT2D eigenvalue weighted by Crippen LogP contribution is 2.23. The number of nitrogens with zero attached hydrogens (tertiary/aromatic N) is 3. The zero-order chi connectivity index (χ0) is 22.4. The van der Waals surface area contributed by atoms with Crippen molar-refractivity contribution in [2.24, 2.45) is 0 Å². The van der Waals surface area contributed by atoms with E-state index in [-0.39, 0.29) is 35.5 Å². The number of hydrogen-bond donors (Lipinski definition) is 1. The minimum absolute atomic E-state index is 0.0498. The third-order valence-electron chi connectivity index (χ3n) is 4.14. The summed E-state index contributed by atoms with van der Waals surface area (Å²) >= 11 is 5.95. The summed E-state index contributed by atoms with van der Waals surface area (Å²) in [6.07, 6.45) is 2.98. The predicted molar refractivity (Wildman–Crippen MR) is 118 cm³/mol. The Morgan fingerprint density at radius 2 is 1.77 bits per heavy atom. The maximum absolute atomic E-state index is 12.7. The first-order valence-electron chi connectivity index (χ1n) is 9.08. The van der Waals surface area contributed by atoms with E-state index in [0.717, 1.165) is 0 Å². The predicted octanol–water partition coefficient (Wildman–Crippen LogP) is 4.01. The molecule has 3 aromatic rings. The van der Waals surface area contributed by atoms with Crippen LogP contribution in [0.5, 0.6) is 0 Å². The summed E-state index contributed by atoms with van der Waals surface area (Å²) < 4.78 is 32.1. The second-order valence-corrected chi connectivity index (χ2v) is 8.67. The number of amides is 1. The van der Waals surface area contributed by atoms with Gasteiger partial charge in [-0.05, 0) is 42.5 Å². The molecule has 0 saturated heterocycles. The first kappa shape index (κ1) is 22.4. The Labute approximate surface area is 184 Å². The SMILES string of the molecule is C=CCN(CC=C)S(=O)(=O)c1ccc(C(=O)Nc2nnc(-c3cccc(Cl)c3)o2)cc1. The van der Waals surface area contributed by atoms with E-state index >= 15 is 0 Å². The Hall–Kier alpha value is -3.27. The molecular formula is C21H19ClN4O4S. The minimum atomic E-state index is -3.75. The van der Waals surface area contributed by atoms with Crippen molar-refractivity contribution in [1.82, 2.24) is 14.5 Å². The Morgan fingerprint density at radius 1 is 1.10 bits per heavy atom. The van der Waals surface area contributed by atoms with E-state index in [1.54, 1.807) is 24.3 Å². The lowest BCUT2D eigenvalue weighted by Gasteiger charge is -2.19. The Kier molecular flexibility index (Phi) is 7.01. The van der Waals surface area contributed by atoms with Crippen LogP contribution in [0.4, 0.5) is 6.01 Å². The summed E-state index contributed by atoms with van der Waals surface area (Å²) in [6.45, 7) is 7.43. The largest absolute Gasteiger partial charge is 0.403 e. The number of benzene rings is 2. The van der Waals surface area contributed by atoms with Crippen molar-refractivity contribution in [2.75, 3.05) is 18.4 Å². The standard InChI is InChI=1S/C21H19ClN4O4S/c1-3-12-26(13-4-2)31(28,29)18-10-8-15(9-11-18)19(27)23-21-25-24-20(30-21)16-6-5-7-17(22)14-16/h3-11,14H,1-2,12-13H2,(H,23,25,27). The van der Waals surface area contributed by atoms with Crippen LogP contribution in [0.25, 0.3) is 11.5 Å². The molecule has 1 heterocycles. The van der Waals surface area contributed by atoms with E-state index in [1.807, 2.05) is 0 Å². The maximum Gasteiger partial charge on any atom is 0.322 e. The summed E-state index contributed by atoms with van der Waals surface area (Å²) in [5.41, 5.74) is 0.833. The van der Waals surface area contributed by atoms with Crippen molar-refractivity contribution in [1.29, 1.82) is 0 Å². The molecule has 2 aromatic carbocycles. The fourth-order valence-corrected chi connectivity index (χ4v) is 4.24. The number of halogens is 1. The number of carbonyl (C=O) groups excluding carboxylic acids is 1. The number of carbonyl (C=O) groups is 1. The Bertz CT molecular complexity index is 1200. The fraction of sp³-hybridized carbons (Fsp3) is 0.0952. The van der Waals surface area contributed by atoms with Gasteiger partial charge in [0.15, 0.2) is 0 Å². The van der Waals surface area contributed by atoms with Crippen LogP contribution in [-0.2, 0) is 10.0 Å². The summed E-state index contributed by atoms with van der Waals surface area (Å²) in [5.74, 6) is -0.331. The number of hydrogen-bond acceptors (Lipinski definition) is 6. The lowest BCUT2D eigenvalue weighted by Crippen LogP contribution is -2.31. The van der Waals surface area contributed by atoms with E-state index < -0.39 is 15.9 Å².